The van der Waals surface area contributed by atoms with Crippen LogP contribution >= 0.6 is 23.1 Å². The minimum absolute atomic E-state index is 0.209. The molecular formula is C30H27N5O4S2. The molecule has 1 atom stereocenters. The fourth-order valence-corrected chi connectivity index (χ4v) is 5.34. The number of methoxy groups -OCH3 is 3. The summed E-state index contributed by atoms with van der Waals surface area (Å²) in [6.07, 6.45) is 0. The number of nitrogens with one attached hydrogen (secondary N) is 1. The Morgan fingerprint density at radius 2 is 1.24 bits per heavy atom. The van der Waals surface area contributed by atoms with Crippen LogP contribution in [0, 0.1) is 0 Å². The Morgan fingerprint density at radius 1 is 0.732 bits per heavy atom. The van der Waals surface area contributed by atoms with E-state index < -0.39 is 5.25 Å². The van der Waals surface area contributed by atoms with Crippen molar-refractivity contribution in [2.45, 2.75) is 17.3 Å². The summed E-state index contributed by atoms with van der Waals surface area (Å²) in [7, 11) is 4.87. The molecule has 1 N–H and O–H groups in total. The van der Waals surface area contributed by atoms with Crippen molar-refractivity contribution in [2.24, 2.45) is 0 Å². The Hall–Kier alpha value is -4.48. The molecule has 0 saturated heterocycles. The van der Waals surface area contributed by atoms with E-state index in [1.165, 1.54) is 23.1 Å². The number of amides is 1. The minimum Gasteiger partial charge on any atom is -0.497 e. The largest absolute Gasteiger partial charge is 0.497 e. The maximum Gasteiger partial charge on any atom is 0.239 e. The van der Waals surface area contributed by atoms with Crippen LogP contribution in [0.4, 0.5) is 5.13 Å². The summed E-state index contributed by atoms with van der Waals surface area (Å²) in [5.41, 5.74) is 4.67. The number of benzene rings is 3. The molecule has 0 aliphatic rings. The van der Waals surface area contributed by atoms with E-state index in [9.17, 15) is 4.79 Å². The molecule has 5 rings (SSSR count). The molecule has 0 aliphatic carbocycles. The molecule has 1 unspecified atom stereocenters. The van der Waals surface area contributed by atoms with E-state index in [4.69, 9.17) is 19.2 Å². The average Bonchev–Trinajstić information content (AvgIpc) is 3.49. The second kappa shape index (κ2) is 12.8. The summed E-state index contributed by atoms with van der Waals surface area (Å²) >= 11 is 2.59. The van der Waals surface area contributed by atoms with Gasteiger partial charge in [-0.25, -0.2) is 9.97 Å². The second-order valence-electron chi connectivity index (χ2n) is 8.76. The summed E-state index contributed by atoms with van der Waals surface area (Å²) in [6, 6.07) is 22.7. The molecule has 1 amide bonds. The first-order valence-electron chi connectivity index (χ1n) is 12.6. The van der Waals surface area contributed by atoms with E-state index in [-0.39, 0.29) is 5.91 Å². The van der Waals surface area contributed by atoms with Crippen LogP contribution in [0.15, 0.2) is 83.3 Å². The lowest BCUT2D eigenvalue weighted by molar-refractivity contribution is -0.115. The highest BCUT2D eigenvalue weighted by atomic mass is 32.2. The number of carbonyl (C=O) groups is 1. The maximum atomic E-state index is 13.0. The number of hydrogen-bond donors (Lipinski definition) is 1. The quantitative estimate of drug-likeness (QED) is 0.184. The SMILES string of the molecule is COc1ccc(-c2csc(NC(=O)C(C)Sc3nnc(-c4ccc(OC)cc4)c(-c4ccc(OC)cc4)n3)n2)cc1. The van der Waals surface area contributed by atoms with Crippen molar-refractivity contribution in [1.29, 1.82) is 0 Å². The molecule has 0 aliphatic heterocycles. The van der Waals surface area contributed by atoms with E-state index in [1.807, 2.05) is 78.2 Å². The van der Waals surface area contributed by atoms with Gasteiger partial charge >= 0.3 is 0 Å². The molecule has 208 valence electrons. The smallest absolute Gasteiger partial charge is 0.239 e. The van der Waals surface area contributed by atoms with Gasteiger partial charge in [0, 0.05) is 22.1 Å². The molecule has 2 aromatic heterocycles. The van der Waals surface area contributed by atoms with Crippen LogP contribution in [0.1, 0.15) is 6.92 Å². The lowest BCUT2D eigenvalue weighted by atomic mass is 10.0. The molecule has 9 nitrogen and oxygen atoms in total. The molecular weight excluding hydrogens is 558 g/mol. The molecule has 0 spiro atoms. The Balaban J connectivity index is 1.34. The summed E-state index contributed by atoms with van der Waals surface area (Å²) in [5.74, 6) is 2.04. The van der Waals surface area contributed by atoms with Gasteiger partial charge in [-0.3, -0.25) is 4.79 Å². The monoisotopic (exact) mass is 585 g/mol. The Kier molecular flexibility index (Phi) is 8.76. The lowest BCUT2D eigenvalue weighted by Gasteiger charge is -2.13. The van der Waals surface area contributed by atoms with Crippen molar-refractivity contribution >= 4 is 34.1 Å². The summed E-state index contributed by atoms with van der Waals surface area (Å²) < 4.78 is 15.8. The van der Waals surface area contributed by atoms with Gasteiger partial charge in [-0.2, -0.15) is 0 Å². The fraction of sp³-hybridized carbons (Fsp3) is 0.167. The fourth-order valence-electron chi connectivity index (χ4n) is 3.90. The number of thiazole rings is 1. The summed E-state index contributed by atoms with van der Waals surface area (Å²) in [4.78, 5) is 22.4. The highest BCUT2D eigenvalue weighted by Gasteiger charge is 2.21. The van der Waals surface area contributed by atoms with Crippen molar-refractivity contribution in [3.05, 3.63) is 78.2 Å². The van der Waals surface area contributed by atoms with Crippen molar-refractivity contribution in [3.63, 3.8) is 0 Å². The van der Waals surface area contributed by atoms with Crippen LogP contribution < -0.4 is 19.5 Å². The van der Waals surface area contributed by atoms with Gasteiger partial charge in [0.05, 0.1) is 32.3 Å². The molecule has 0 radical (unpaired) electrons. The molecule has 0 bridgehead atoms. The maximum absolute atomic E-state index is 13.0. The zero-order chi connectivity index (χ0) is 28.8. The van der Waals surface area contributed by atoms with E-state index in [1.54, 1.807) is 28.3 Å². The number of anilines is 1. The standard InChI is InChI=1S/C30H27N5O4S2/c1-18(28(36)33-29-31-25(17-40-29)19-5-11-22(37-2)12-6-19)41-30-32-26(20-7-13-23(38-3)14-8-20)27(34-35-30)21-9-15-24(39-4)16-10-21/h5-18H,1-4H3,(H,31,33,36). The molecule has 5 aromatic rings. The Labute approximate surface area is 246 Å². The van der Waals surface area contributed by atoms with Crippen LogP contribution in [0.5, 0.6) is 17.2 Å². The van der Waals surface area contributed by atoms with Crippen LogP contribution in [0.25, 0.3) is 33.8 Å². The highest BCUT2D eigenvalue weighted by molar-refractivity contribution is 8.00. The number of hydrogen-bond acceptors (Lipinski definition) is 10. The number of carbonyl (C=O) groups excluding carboxylic acids is 1. The third-order valence-corrected chi connectivity index (χ3v) is 7.87. The van der Waals surface area contributed by atoms with Crippen molar-refractivity contribution < 1.29 is 19.0 Å². The van der Waals surface area contributed by atoms with Gasteiger partial charge < -0.3 is 19.5 Å². The van der Waals surface area contributed by atoms with E-state index in [0.29, 0.717) is 21.7 Å². The van der Waals surface area contributed by atoms with Crippen LogP contribution in [0.3, 0.4) is 0 Å². The number of rotatable bonds is 10. The molecule has 0 saturated carbocycles. The van der Waals surface area contributed by atoms with Crippen LogP contribution in [-0.4, -0.2) is 52.7 Å². The van der Waals surface area contributed by atoms with Gasteiger partial charge in [0.1, 0.15) is 28.6 Å². The van der Waals surface area contributed by atoms with Crippen LogP contribution in [0.2, 0.25) is 0 Å². The average molecular weight is 586 g/mol. The van der Waals surface area contributed by atoms with Crippen molar-refractivity contribution in [2.75, 3.05) is 26.6 Å². The second-order valence-corrected chi connectivity index (χ2v) is 10.9. The van der Waals surface area contributed by atoms with Gasteiger partial charge in [-0.05, 0) is 79.7 Å². The Bertz CT molecular complexity index is 1620. The van der Waals surface area contributed by atoms with E-state index >= 15 is 0 Å². The zero-order valence-electron chi connectivity index (χ0n) is 22.8. The molecule has 11 heteroatoms. The molecule has 3 aromatic carbocycles. The Morgan fingerprint density at radius 3 is 1.78 bits per heavy atom. The third-order valence-electron chi connectivity index (χ3n) is 6.17. The molecule has 2 heterocycles. The zero-order valence-corrected chi connectivity index (χ0v) is 24.5. The number of ether oxygens (including phenoxy) is 3. The first-order chi connectivity index (χ1) is 20.0. The van der Waals surface area contributed by atoms with Crippen molar-refractivity contribution in [3.8, 4) is 51.0 Å². The van der Waals surface area contributed by atoms with Gasteiger partial charge in [-0.1, -0.05) is 11.8 Å². The minimum atomic E-state index is -0.499. The van der Waals surface area contributed by atoms with Crippen molar-refractivity contribution in [1.82, 2.24) is 20.2 Å². The predicted octanol–water partition coefficient (Wildman–Crippen LogP) is 6.47. The first kappa shape index (κ1) is 28.1. The normalized spacial score (nSPS) is 11.5. The third kappa shape index (κ3) is 6.64. The number of nitrogens with zero attached hydrogens (tertiary/aromatic N) is 4. The topological polar surface area (TPSA) is 108 Å². The molecule has 0 fully saturated rings. The van der Waals surface area contributed by atoms with Crippen LogP contribution in [-0.2, 0) is 4.79 Å². The summed E-state index contributed by atoms with van der Waals surface area (Å²) in [5, 5.41) is 14.1. The predicted molar refractivity (Wildman–Crippen MR) is 162 cm³/mol. The van der Waals surface area contributed by atoms with Gasteiger partial charge in [0.2, 0.25) is 11.1 Å². The van der Waals surface area contributed by atoms with E-state index in [0.717, 1.165) is 39.6 Å². The first-order valence-corrected chi connectivity index (χ1v) is 14.3. The summed E-state index contributed by atoms with van der Waals surface area (Å²) in [6.45, 7) is 1.80. The van der Waals surface area contributed by atoms with E-state index in [2.05, 4.69) is 20.5 Å². The molecule has 41 heavy (non-hydrogen) atoms. The lowest BCUT2D eigenvalue weighted by Crippen LogP contribution is -2.22. The number of aromatic nitrogens is 4. The highest BCUT2D eigenvalue weighted by Crippen LogP contribution is 2.33. The van der Waals surface area contributed by atoms with Gasteiger partial charge in [0.15, 0.2) is 5.13 Å². The van der Waals surface area contributed by atoms with Gasteiger partial charge in [0.25, 0.3) is 0 Å². The van der Waals surface area contributed by atoms with Gasteiger partial charge in [-0.15, -0.1) is 21.5 Å². The number of thioether (sulfide) groups is 1.